The lowest BCUT2D eigenvalue weighted by molar-refractivity contribution is 0.00168. The molecule has 0 saturated carbocycles. The van der Waals surface area contributed by atoms with Crippen molar-refractivity contribution in [3.05, 3.63) is 48.7 Å². The predicted octanol–water partition coefficient (Wildman–Crippen LogP) is 3.53. The summed E-state index contributed by atoms with van der Waals surface area (Å²) in [5.74, 6) is 0.199. The van der Waals surface area contributed by atoms with Crippen LogP contribution in [0.2, 0.25) is 0 Å². The first-order valence-electron chi connectivity index (χ1n) is 10.3. The first-order chi connectivity index (χ1) is 15.0. The van der Waals surface area contributed by atoms with Gasteiger partial charge in [-0.2, -0.15) is 0 Å². The van der Waals surface area contributed by atoms with Crippen molar-refractivity contribution < 1.29 is 20.4 Å². The van der Waals surface area contributed by atoms with Crippen molar-refractivity contribution >= 4 is 54.4 Å². The van der Waals surface area contributed by atoms with Gasteiger partial charge in [0.1, 0.15) is 5.75 Å². The minimum Gasteiger partial charge on any atom is -0.508 e. The smallest absolute Gasteiger partial charge is 0.197 e. The van der Waals surface area contributed by atoms with E-state index in [0.29, 0.717) is 5.39 Å². The van der Waals surface area contributed by atoms with E-state index in [9.17, 15) is 20.4 Å². The number of para-hydroxylation sites is 1. The minimum absolute atomic E-state index is 0.0683. The maximum atomic E-state index is 10.8. The van der Waals surface area contributed by atoms with Gasteiger partial charge in [-0.05, 0) is 24.3 Å². The van der Waals surface area contributed by atoms with Crippen LogP contribution in [0, 0.1) is 0 Å². The van der Waals surface area contributed by atoms with E-state index in [1.807, 2.05) is 41.1 Å². The highest BCUT2D eigenvalue weighted by molar-refractivity contribution is 6.36. The Balaban J connectivity index is 1.91. The summed E-state index contributed by atoms with van der Waals surface area (Å²) in [6.45, 7) is 0.466. The second-order valence-electron chi connectivity index (χ2n) is 8.45. The quantitative estimate of drug-likeness (QED) is 0.263. The average molecular weight is 413 g/mol. The Morgan fingerprint density at radius 1 is 0.742 bits per heavy atom. The zero-order valence-corrected chi connectivity index (χ0v) is 16.4. The number of fused-ring (bicyclic) bond motifs is 9. The molecule has 0 aliphatic carbocycles. The number of aromatic hydroxyl groups is 2. The van der Waals surface area contributed by atoms with Crippen molar-refractivity contribution in [2.75, 3.05) is 0 Å². The molecule has 0 bridgehead atoms. The van der Waals surface area contributed by atoms with E-state index < -0.39 is 12.2 Å². The number of hydrogen-bond donors (Lipinski definition) is 5. The van der Waals surface area contributed by atoms with E-state index >= 15 is 0 Å². The highest BCUT2D eigenvalue weighted by Gasteiger charge is 2.30. The van der Waals surface area contributed by atoms with Gasteiger partial charge in [-0.1, -0.05) is 18.2 Å². The third-order valence-corrected chi connectivity index (χ3v) is 6.80. The fourth-order valence-electron chi connectivity index (χ4n) is 5.52. The van der Waals surface area contributed by atoms with Gasteiger partial charge in [-0.15, -0.1) is 0 Å². The number of aromatic amines is 1. The Morgan fingerprint density at radius 2 is 1.42 bits per heavy atom. The van der Waals surface area contributed by atoms with Gasteiger partial charge >= 0.3 is 0 Å². The van der Waals surface area contributed by atoms with Crippen LogP contribution in [-0.4, -0.2) is 46.8 Å². The zero-order chi connectivity index (χ0) is 21.0. The fourth-order valence-corrected chi connectivity index (χ4v) is 5.52. The van der Waals surface area contributed by atoms with Gasteiger partial charge in [0.25, 0.3) is 0 Å². The molecule has 3 aromatic heterocycles. The Labute approximate surface area is 175 Å². The van der Waals surface area contributed by atoms with Crippen molar-refractivity contribution in [3.63, 3.8) is 0 Å². The molecule has 7 rings (SSSR count). The van der Waals surface area contributed by atoms with Crippen LogP contribution in [0.4, 0.5) is 0 Å². The fraction of sp³-hybridized carbons (Fsp3) is 0.167. The second-order valence-corrected chi connectivity index (χ2v) is 8.45. The molecule has 7 heteroatoms. The van der Waals surface area contributed by atoms with E-state index in [1.54, 1.807) is 12.1 Å². The Hall–Kier alpha value is -3.68. The molecule has 0 radical (unpaired) electrons. The number of phenolic OH excluding ortho intramolecular Hbond substituents is 1. The number of aliphatic hydroxyl groups is 2. The largest absolute Gasteiger partial charge is 0.508 e. The first-order valence-corrected chi connectivity index (χ1v) is 10.3. The van der Waals surface area contributed by atoms with Crippen molar-refractivity contribution in [3.8, 4) is 11.6 Å². The summed E-state index contributed by atoms with van der Waals surface area (Å²) in [5, 5.41) is 47.8. The lowest BCUT2D eigenvalue weighted by Gasteiger charge is -2.24. The summed E-state index contributed by atoms with van der Waals surface area (Å²) < 4.78 is 4.07. The van der Waals surface area contributed by atoms with Gasteiger partial charge in [-0.3, -0.25) is 0 Å². The monoisotopic (exact) mass is 413 g/mol. The Bertz CT molecular complexity index is 1700. The lowest BCUT2D eigenvalue weighted by Crippen LogP contribution is -2.35. The van der Waals surface area contributed by atoms with Crippen molar-refractivity contribution in [1.82, 2.24) is 14.1 Å². The third-order valence-electron chi connectivity index (χ3n) is 6.80. The molecule has 2 unspecified atom stereocenters. The molecule has 1 aliphatic rings. The van der Waals surface area contributed by atoms with Gasteiger partial charge in [0, 0.05) is 44.2 Å². The molecule has 2 atom stereocenters. The number of rotatable bonds is 0. The van der Waals surface area contributed by atoms with E-state index in [1.165, 1.54) is 0 Å². The number of benzene rings is 3. The number of hydrogen-bond acceptors (Lipinski definition) is 4. The maximum absolute atomic E-state index is 10.8. The molecule has 0 amide bonds. The van der Waals surface area contributed by atoms with Gasteiger partial charge in [0.05, 0.1) is 41.7 Å². The summed E-state index contributed by atoms with van der Waals surface area (Å²) >= 11 is 0. The molecule has 1 aliphatic heterocycles. The van der Waals surface area contributed by atoms with Gasteiger partial charge in [0.2, 0.25) is 0 Å². The third kappa shape index (κ3) is 1.95. The lowest BCUT2D eigenvalue weighted by atomic mass is 10.0. The normalized spacial score (nSPS) is 19.3. The molecule has 4 heterocycles. The second kappa shape index (κ2) is 5.51. The molecule has 154 valence electrons. The highest BCUT2D eigenvalue weighted by atomic mass is 16.3. The van der Waals surface area contributed by atoms with Crippen LogP contribution in [0.1, 0.15) is 0 Å². The van der Waals surface area contributed by atoms with Crippen molar-refractivity contribution in [2.24, 2.45) is 0 Å². The van der Waals surface area contributed by atoms with Crippen LogP contribution in [0.25, 0.3) is 54.4 Å². The first kappa shape index (κ1) is 17.0. The molecule has 0 fully saturated rings. The van der Waals surface area contributed by atoms with Crippen LogP contribution >= 0.6 is 0 Å². The summed E-state index contributed by atoms with van der Waals surface area (Å²) in [4.78, 5) is 2.97. The Kier molecular flexibility index (Phi) is 3.03. The van der Waals surface area contributed by atoms with Crippen LogP contribution in [-0.2, 0) is 13.1 Å². The van der Waals surface area contributed by atoms with Gasteiger partial charge in [0.15, 0.2) is 5.88 Å². The van der Waals surface area contributed by atoms with Gasteiger partial charge < -0.3 is 34.5 Å². The SMILES string of the molecule is Oc1ccc2c(c1)c1c3c(O)[nH]cc3c3c4ccccc4n4c3c1n2CC(O)C(O)C4. The van der Waals surface area contributed by atoms with Crippen LogP contribution in [0.5, 0.6) is 11.6 Å². The van der Waals surface area contributed by atoms with E-state index in [2.05, 4.69) is 9.55 Å². The minimum atomic E-state index is -0.965. The van der Waals surface area contributed by atoms with Crippen molar-refractivity contribution in [1.29, 1.82) is 0 Å². The van der Waals surface area contributed by atoms with Crippen LogP contribution < -0.4 is 0 Å². The van der Waals surface area contributed by atoms with E-state index in [4.69, 9.17) is 0 Å². The number of phenols is 1. The van der Waals surface area contributed by atoms with Gasteiger partial charge in [-0.25, -0.2) is 0 Å². The summed E-state index contributed by atoms with van der Waals surface area (Å²) in [6.07, 6.45) is -0.0914. The molecule has 0 spiro atoms. The topological polar surface area (TPSA) is 107 Å². The molecule has 0 saturated heterocycles. The summed E-state index contributed by atoms with van der Waals surface area (Å²) in [7, 11) is 0. The van der Waals surface area contributed by atoms with Crippen molar-refractivity contribution in [2.45, 2.75) is 25.3 Å². The zero-order valence-electron chi connectivity index (χ0n) is 16.4. The summed E-state index contributed by atoms with van der Waals surface area (Å²) in [6, 6.07) is 13.1. The molecule has 7 nitrogen and oxygen atoms in total. The molecule has 5 N–H and O–H groups in total. The maximum Gasteiger partial charge on any atom is 0.197 e. The van der Waals surface area contributed by atoms with E-state index in [0.717, 1.165) is 49.0 Å². The average Bonchev–Trinajstić information content (AvgIpc) is 3.38. The molecule has 6 aromatic rings. The number of nitrogens with one attached hydrogen (secondary N) is 1. The number of nitrogens with zero attached hydrogens (tertiary/aromatic N) is 2. The molecular weight excluding hydrogens is 394 g/mol. The molecular formula is C24H19N3O4. The van der Waals surface area contributed by atoms with E-state index in [-0.39, 0.29) is 24.7 Å². The molecule has 31 heavy (non-hydrogen) atoms. The standard InChI is InChI=1S/C24H19N3O4/c28-11-5-6-16-13(7-11)20-21-14(8-25-24(21)31)19-12-3-1-2-4-15(12)26-9-17(29)18(30)10-27(16)23(20)22(19)26/h1-8,17-18,25,28-31H,9-10H2. The number of aliphatic hydroxyl groups excluding tert-OH is 2. The van der Waals surface area contributed by atoms with Crippen LogP contribution in [0.3, 0.4) is 0 Å². The predicted molar refractivity (Wildman–Crippen MR) is 120 cm³/mol. The summed E-state index contributed by atoms with van der Waals surface area (Å²) in [5.41, 5.74) is 3.61. The number of aromatic nitrogens is 3. The number of H-pyrrole nitrogens is 1. The highest BCUT2D eigenvalue weighted by Crippen LogP contribution is 2.48. The molecule has 3 aromatic carbocycles. The van der Waals surface area contributed by atoms with Crippen LogP contribution in [0.15, 0.2) is 48.7 Å². The Morgan fingerprint density at radius 3 is 2.19 bits per heavy atom.